The van der Waals surface area contributed by atoms with E-state index in [1.807, 2.05) is 42.5 Å². The van der Waals surface area contributed by atoms with E-state index in [4.69, 9.17) is 22.1 Å². The van der Waals surface area contributed by atoms with Gasteiger partial charge in [-0.05, 0) is 11.6 Å². The molecule has 1 aliphatic heterocycles. The van der Waals surface area contributed by atoms with Gasteiger partial charge in [-0.3, -0.25) is 4.79 Å². The first-order chi connectivity index (χ1) is 9.66. The Bertz CT molecular complexity index is 649. The highest BCUT2D eigenvalue weighted by atomic mass is 35.5. The van der Waals surface area contributed by atoms with Crippen LogP contribution < -0.4 is 15.8 Å². The van der Waals surface area contributed by atoms with Crippen molar-refractivity contribution >= 4 is 23.2 Å². The minimum atomic E-state index is -0.910. The fourth-order valence-electron chi connectivity index (χ4n) is 2.13. The largest absolute Gasteiger partial charge is 0.470 e. The first-order valence-corrected chi connectivity index (χ1v) is 6.66. The van der Waals surface area contributed by atoms with E-state index in [9.17, 15) is 4.79 Å². The molecular weight excluding hydrogens is 292 g/mol. The number of anilines is 1. The molecule has 2 aromatic carbocycles. The maximum absolute atomic E-state index is 11.8. The van der Waals surface area contributed by atoms with Crippen LogP contribution >= 0.6 is 11.6 Å². The topological polar surface area (TPSA) is 95.9 Å². The summed E-state index contributed by atoms with van der Waals surface area (Å²) in [6, 6.07) is 14.4. The highest BCUT2D eigenvalue weighted by Gasteiger charge is 2.30. The van der Waals surface area contributed by atoms with E-state index in [2.05, 4.69) is 5.32 Å². The van der Waals surface area contributed by atoms with Crippen LogP contribution in [0.15, 0.2) is 48.5 Å². The highest BCUT2D eigenvalue weighted by Crippen LogP contribution is 2.39. The minimum absolute atomic E-state index is 0. The number of halogens is 1. The Balaban J connectivity index is 0.00000161. The summed E-state index contributed by atoms with van der Waals surface area (Å²) in [6.45, 7) is 0. The second-order valence-corrected chi connectivity index (χ2v) is 4.96. The molecular formula is C15H15ClN2O3. The number of hydrogen-bond acceptors (Lipinski definition) is 3. The number of benzene rings is 2. The molecule has 21 heavy (non-hydrogen) atoms. The average Bonchev–Trinajstić information content (AvgIpc) is 2.58. The number of ether oxygens (including phenoxy) is 1. The lowest BCUT2D eigenvalue weighted by molar-refractivity contribution is -0.118. The van der Waals surface area contributed by atoms with Gasteiger partial charge in [0, 0.05) is 5.56 Å². The van der Waals surface area contributed by atoms with Gasteiger partial charge in [0.15, 0.2) is 11.3 Å². The molecule has 0 spiro atoms. The smallest absolute Gasteiger partial charge is 0.246 e. The monoisotopic (exact) mass is 306 g/mol. The second kappa shape index (κ2) is 6.13. The molecule has 110 valence electrons. The zero-order valence-corrected chi connectivity index (χ0v) is 11.8. The number of fused-ring (bicyclic) bond motifs is 1. The number of nitrogens with one attached hydrogen (secondary N) is 1. The second-order valence-electron chi connectivity index (χ2n) is 4.53. The van der Waals surface area contributed by atoms with E-state index in [0.29, 0.717) is 11.4 Å². The molecule has 1 unspecified atom stereocenters. The van der Waals surface area contributed by atoms with E-state index in [1.165, 1.54) is 0 Å². The van der Waals surface area contributed by atoms with Gasteiger partial charge in [0.1, 0.15) is 6.04 Å². The van der Waals surface area contributed by atoms with Crippen molar-refractivity contribution in [3.8, 4) is 16.9 Å². The van der Waals surface area contributed by atoms with E-state index in [0.717, 1.165) is 11.1 Å². The molecule has 0 aliphatic carbocycles. The molecule has 0 saturated carbocycles. The van der Waals surface area contributed by atoms with Gasteiger partial charge >= 0.3 is 0 Å². The van der Waals surface area contributed by atoms with Crippen LogP contribution in [0.4, 0.5) is 5.69 Å². The summed E-state index contributed by atoms with van der Waals surface area (Å²) in [5.41, 5.74) is 7.25. The van der Waals surface area contributed by atoms with Gasteiger partial charge in [-0.15, -0.1) is 0 Å². The third-order valence-corrected chi connectivity index (χ3v) is 3.53. The molecule has 3 rings (SSSR count). The number of alkyl halides is 1. The summed E-state index contributed by atoms with van der Waals surface area (Å²) in [6.07, 6.45) is 0. The van der Waals surface area contributed by atoms with Crippen LogP contribution in [0.3, 0.4) is 0 Å². The van der Waals surface area contributed by atoms with Crippen molar-refractivity contribution in [1.82, 2.24) is 0 Å². The molecule has 0 radical (unpaired) electrons. The summed E-state index contributed by atoms with van der Waals surface area (Å²) in [5.74, 6) is 0.189. The van der Waals surface area contributed by atoms with Crippen LogP contribution in [0.5, 0.6) is 5.75 Å². The molecule has 1 amide bonds. The minimum Gasteiger partial charge on any atom is -0.470 e. The Hall–Kier alpha value is -2.08. The van der Waals surface area contributed by atoms with Gasteiger partial charge in [-0.2, -0.15) is 0 Å². The van der Waals surface area contributed by atoms with Crippen molar-refractivity contribution in [2.75, 3.05) is 5.32 Å². The summed E-state index contributed by atoms with van der Waals surface area (Å²) in [4.78, 5) is 11.8. The number of para-hydroxylation sites is 1. The Morgan fingerprint density at radius 1 is 1.10 bits per heavy atom. The molecule has 6 heteroatoms. The summed E-state index contributed by atoms with van der Waals surface area (Å²) in [5, 5.41) is 2.74. The highest BCUT2D eigenvalue weighted by molar-refractivity contribution is 6.23. The molecule has 5 N–H and O–H groups in total. The maximum Gasteiger partial charge on any atom is 0.246 e. The summed E-state index contributed by atoms with van der Waals surface area (Å²) >= 11 is 6.05. The van der Waals surface area contributed by atoms with Gasteiger partial charge in [-0.1, -0.05) is 54.1 Å². The molecule has 0 saturated heterocycles. The van der Waals surface area contributed by atoms with E-state index < -0.39 is 11.6 Å². The summed E-state index contributed by atoms with van der Waals surface area (Å²) in [7, 11) is 0. The molecule has 1 aliphatic rings. The SMILES string of the molecule is N[C@@H]1C(=O)Nc2cccc(-c3ccccc3)c2OC1Cl.O. The van der Waals surface area contributed by atoms with Crippen molar-refractivity contribution in [2.45, 2.75) is 11.6 Å². The van der Waals surface area contributed by atoms with Crippen LogP contribution in [0.2, 0.25) is 0 Å². The normalized spacial score (nSPS) is 20.4. The molecule has 1 heterocycles. The van der Waals surface area contributed by atoms with Crippen molar-refractivity contribution in [3.63, 3.8) is 0 Å². The molecule has 2 aromatic rings. The first kappa shape index (κ1) is 15.3. The first-order valence-electron chi connectivity index (χ1n) is 6.22. The number of carbonyl (C=O) groups is 1. The van der Waals surface area contributed by atoms with Crippen molar-refractivity contribution in [1.29, 1.82) is 0 Å². The standard InChI is InChI=1S/C15H13ClN2O2.H2O/c16-14-12(17)15(19)18-11-8-4-7-10(13(11)20-14)9-5-2-1-3-6-9;/h1-8,12,14H,17H2,(H,18,19);1H2/t12-,14?;/m0./s1. The van der Waals surface area contributed by atoms with Gasteiger partial charge in [-0.25, -0.2) is 0 Å². The number of nitrogens with two attached hydrogens (primary N) is 1. The lowest BCUT2D eigenvalue weighted by atomic mass is 10.0. The predicted molar refractivity (Wildman–Crippen MR) is 82.4 cm³/mol. The lowest BCUT2D eigenvalue weighted by Gasteiger charge is -2.16. The third-order valence-electron chi connectivity index (χ3n) is 3.17. The third kappa shape index (κ3) is 2.85. The van der Waals surface area contributed by atoms with Crippen LogP contribution in [0, 0.1) is 0 Å². The number of rotatable bonds is 1. The van der Waals surface area contributed by atoms with Gasteiger partial charge in [0.05, 0.1) is 5.69 Å². The van der Waals surface area contributed by atoms with E-state index in [-0.39, 0.29) is 11.4 Å². The Morgan fingerprint density at radius 2 is 1.81 bits per heavy atom. The fourth-order valence-corrected chi connectivity index (χ4v) is 2.33. The Labute approximate surface area is 127 Å². The quantitative estimate of drug-likeness (QED) is 0.786. The molecule has 0 bridgehead atoms. The number of amides is 1. The predicted octanol–water partition coefficient (Wildman–Crippen LogP) is 1.75. The van der Waals surface area contributed by atoms with Gasteiger partial charge < -0.3 is 21.3 Å². The van der Waals surface area contributed by atoms with Crippen LogP contribution in [-0.2, 0) is 4.79 Å². The van der Waals surface area contributed by atoms with Crippen molar-refractivity contribution in [2.24, 2.45) is 5.73 Å². The van der Waals surface area contributed by atoms with Gasteiger partial charge in [0.25, 0.3) is 0 Å². The summed E-state index contributed by atoms with van der Waals surface area (Å²) < 4.78 is 5.68. The van der Waals surface area contributed by atoms with E-state index in [1.54, 1.807) is 6.07 Å². The maximum atomic E-state index is 11.8. The van der Waals surface area contributed by atoms with Crippen LogP contribution in [0.25, 0.3) is 11.1 Å². The zero-order valence-electron chi connectivity index (χ0n) is 11.0. The molecule has 5 nitrogen and oxygen atoms in total. The lowest BCUT2D eigenvalue weighted by Crippen LogP contribution is -2.43. The van der Waals surface area contributed by atoms with Crippen molar-refractivity contribution in [3.05, 3.63) is 48.5 Å². The fraction of sp³-hybridized carbons (Fsp3) is 0.133. The average molecular weight is 307 g/mol. The Kier molecular flexibility index (Phi) is 4.47. The van der Waals surface area contributed by atoms with E-state index >= 15 is 0 Å². The number of carbonyl (C=O) groups excluding carboxylic acids is 1. The molecule has 0 aromatic heterocycles. The zero-order chi connectivity index (χ0) is 14.1. The Morgan fingerprint density at radius 3 is 2.52 bits per heavy atom. The van der Waals surface area contributed by atoms with Crippen LogP contribution in [-0.4, -0.2) is 23.0 Å². The number of hydrogen-bond donors (Lipinski definition) is 2. The molecule has 0 fully saturated rings. The molecule has 2 atom stereocenters. The van der Waals surface area contributed by atoms with Crippen molar-refractivity contribution < 1.29 is 15.0 Å². The van der Waals surface area contributed by atoms with Crippen LogP contribution in [0.1, 0.15) is 0 Å². The van der Waals surface area contributed by atoms with Gasteiger partial charge in [0.2, 0.25) is 5.91 Å².